The molecular formula is C57H105NO10. The van der Waals surface area contributed by atoms with E-state index in [0.717, 1.165) is 77.0 Å². The topological polar surface area (TPSA) is 175 Å². The van der Waals surface area contributed by atoms with Crippen LogP contribution < -0.4 is 5.32 Å². The molecule has 0 saturated carbocycles. The Hall–Kier alpha value is -2.12. The molecule has 1 amide bonds. The van der Waals surface area contributed by atoms with Gasteiger partial charge in [-0.25, -0.2) is 0 Å². The van der Waals surface area contributed by atoms with Crippen molar-refractivity contribution in [3.8, 4) is 0 Å². The zero-order valence-corrected chi connectivity index (χ0v) is 43.6. The Morgan fingerprint density at radius 2 is 1.00 bits per heavy atom. The van der Waals surface area contributed by atoms with Crippen LogP contribution in [0, 0.1) is 0 Å². The Balaban J connectivity index is 2.05. The molecule has 1 heterocycles. The van der Waals surface area contributed by atoms with Crippen molar-refractivity contribution in [3.05, 3.63) is 36.5 Å². The molecule has 11 nitrogen and oxygen atoms in total. The lowest BCUT2D eigenvalue weighted by atomic mass is 9.99. The minimum atomic E-state index is -1.57. The maximum absolute atomic E-state index is 13.0. The third-order valence-corrected chi connectivity index (χ3v) is 13.2. The molecule has 1 rings (SSSR count). The van der Waals surface area contributed by atoms with Gasteiger partial charge in [0.2, 0.25) is 5.91 Å². The summed E-state index contributed by atoms with van der Waals surface area (Å²) in [5.41, 5.74) is 0. The second kappa shape index (κ2) is 47.2. The van der Waals surface area contributed by atoms with Crippen LogP contribution in [-0.2, 0) is 23.8 Å². The molecule has 398 valence electrons. The normalized spacial score (nSPS) is 19.7. The highest BCUT2D eigenvalue weighted by Crippen LogP contribution is 2.23. The van der Waals surface area contributed by atoms with Gasteiger partial charge in [0.15, 0.2) is 6.29 Å². The first kappa shape index (κ1) is 63.9. The first-order valence-electron chi connectivity index (χ1n) is 28.3. The minimum Gasteiger partial charge on any atom is -0.466 e. The summed E-state index contributed by atoms with van der Waals surface area (Å²) in [7, 11) is 0. The molecule has 68 heavy (non-hydrogen) atoms. The predicted octanol–water partition coefficient (Wildman–Crippen LogP) is 12.3. The highest BCUT2D eigenvalue weighted by Gasteiger charge is 2.44. The molecule has 0 spiro atoms. The number of hydrogen-bond acceptors (Lipinski definition) is 10. The molecule has 1 aliphatic rings. The number of nitrogens with one attached hydrogen (secondary N) is 1. The van der Waals surface area contributed by atoms with Crippen LogP contribution >= 0.6 is 0 Å². The van der Waals surface area contributed by atoms with Crippen molar-refractivity contribution in [2.45, 2.75) is 294 Å². The number of carbonyl (C=O) groups excluding carboxylic acids is 2. The van der Waals surface area contributed by atoms with Gasteiger partial charge in [-0.1, -0.05) is 217 Å². The van der Waals surface area contributed by atoms with Crippen LogP contribution in [0.1, 0.15) is 251 Å². The summed E-state index contributed by atoms with van der Waals surface area (Å²) in [6.45, 7) is 4.24. The van der Waals surface area contributed by atoms with Crippen LogP contribution in [0.15, 0.2) is 36.5 Å². The van der Waals surface area contributed by atoms with Crippen molar-refractivity contribution in [1.29, 1.82) is 0 Å². The molecule has 1 aliphatic heterocycles. The van der Waals surface area contributed by atoms with Gasteiger partial charge in [0, 0.05) is 12.8 Å². The molecule has 1 fully saturated rings. The van der Waals surface area contributed by atoms with Crippen LogP contribution in [0.25, 0.3) is 0 Å². The van der Waals surface area contributed by atoms with Gasteiger partial charge in [-0.05, 0) is 57.8 Å². The highest BCUT2D eigenvalue weighted by molar-refractivity contribution is 5.76. The molecule has 11 heteroatoms. The quantitative estimate of drug-likeness (QED) is 0.0196. The molecule has 7 unspecified atom stereocenters. The number of aliphatic hydroxyl groups excluding tert-OH is 5. The van der Waals surface area contributed by atoms with Gasteiger partial charge in [-0.15, -0.1) is 0 Å². The molecule has 7 atom stereocenters. The Morgan fingerprint density at radius 3 is 1.53 bits per heavy atom. The Kier molecular flexibility index (Phi) is 44.4. The average molecular weight is 964 g/mol. The molecule has 0 radical (unpaired) electrons. The van der Waals surface area contributed by atoms with Gasteiger partial charge in [-0.3, -0.25) is 9.59 Å². The van der Waals surface area contributed by atoms with E-state index in [4.69, 9.17) is 14.2 Å². The summed E-state index contributed by atoms with van der Waals surface area (Å²) in [4.78, 5) is 25.0. The zero-order valence-electron chi connectivity index (χ0n) is 43.6. The van der Waals surface area contributed by atoms with Crippen molar-refractivity contribution in [3.63, 3.8) is 0 Å². The van der Waals surface area contributed by atoms with Gasteiger partial charge < -0.3 is 45.1 Å². The number of esters is 1. The largest absolute Gasteiger partial charge is 0.466 e. The maximum atomic E-state index is 13.0. The van der Waals surface area contributed by atoms with Crippen LogP contribution in [0.5, 0.6) is 0 Å². The third kappa shape index (κ3) is 36.8. The van der Waals surface area contributed by atoms with E-state index in [9.17, 15) is 35.1 Å². The summed E-state index contributed by atoms with van der Waals surface area (Å²) >= 11 is 0. The Labute approximate surface area is 415 Å². The fraction of sp³-hybridized carbons (Fsp3) is 0.860. The lowest BCUT2D eigenvalue weighted by Crippen LogP contribution is -2.60. The van der Waals surface area contributed by atoms with E-state index in [2.05, 4.69) is 43.5 Å². The molecule has 0 aromatic heterocycles. The van der Waals surface area contributed by atoms with E-state index in [1.54, 1.807) is 6.08 Å². The van der Waals surface area contributed by atoms with E-state index in [1.165, 1.54) is 148 Å². The van der Waals surface area contributed by atoms with Gasteiger partial charge >= 0.3 is 5.97 Å². The van der Waals surface area contributed by atoms with Crippen LogP contribution in [0.4, 0.5) is 0 Å². The summed E-state index contributed by atoms with van der Waals surface area (Å²) in [5.74, 6) is -0.217. The number of rotatable bonds is 48. The van der Waals surface area contributed by atoms with E-state index in [-0.39, 0.29) is 18.5 Å². The van der Waals surface area contributed by atoms with Crippen LogP contribution in [0.2, 0.25) is 0 Å². The standard InChI is InChI=1S/C57H105NO10/c1-3-5-7-9-11-13-14-15-22-25-29-33-37-41-45-53(62)66-46-42-38-34-30-26-23-20-18-16-17-19-21-24-28-32-36-40-44-52(61)58-49(50(60)43-39-35-31-27-12-10-8-6-4-2)48-67-57-56(65)55(64)54(63)51(47-59)68-57/h9,11,14-15,39,43,49-51,54-57,59-60,63-65H,3-8,10,12-13,16-38,40-42,44-48H2,1-2H3,(H,58,61)/b11-9-,15-14-,43-39+. The van der Waals surface area contributed by atoms with Crippen LogP contribution in [0.3, 0.4) is 0 Å². The second-order valence-electron chi connectivity index (χ2n) is 19.6. The average Bonchev–Trinajstić information content (AvgIpc) is 3.33. The summed E-state index contributed by atoms with van der Waals surface area (Å²) in [6.07, 6.45) is 46.6. The van der Waals surface area contributed by atoms with Gasteiger partial charge in [0.25, 0.3) is 0 Å². The number of ether oxygens (including phenoxy) is 3. The van der Waals surface area contributed by atoms with Crippen molar-refractivity contribution in [1.82, 2.24) is 5.32 Å². The molecular weight excluding hydrogens is 859 g/mol. The van der Waals surface area contributed by atoms with E-state index >= 15 is 0 Å². The number of allylic oxidation sites excluding steroid dienone is 5. The molecule has 0 bridgehead atoms. The molecule has 0 aliphatic carbocycles. The van der Waals surface area contributed by atoms with E-state index in [1.807, 2.05) is 6.08 Å². The van der Waals surface area contributed by atoms with Crippen molar-refractivity contribution in [2.24, 2.45) is 0 Å². The maximum Gasteiger partial charge on any atom is 0.305 e. The fourth-order valence-corrected chi connectivity index (χ4v) is 8.69. The van der Waals surface area contributed by atoms with Crippen molar-refractivity contribution < 1.29 is 49.3 Å². The molecule has 0 aromatic rings. The predicted molar refractivity (Wildman–Crippen MR) is 278 cm³/mol. The van der Waals surface area contributed by atoms with Crippen molar-refractivity contribution >= 4 is 11.9 Å². The SMILES string of the molecule is CCCC/C=C\C/C=C\CCCCCCCC(=O)OCCCCCCCCCCCCCCCCCCCC(=O)NC(COC1OC(CO)C(O)C(O)C1O)C(O)/C=C/CCCCCCCCC. The molecule has 1 saturated heterocycles. The Bertz CT molecular complexity index is 1230. The number of aliphatic hydroxyl groups is 5. The van der Waals surface area contributed by atoms with Gasteiger partial charge in [-0.2, -0.15) is 0 Å². The second-order valence-corrected chi connectivity index (χ2v) is 19.6. The van der Waals surface area contributed by atoms with Gasteiger partial charge in [0.1, 0.15) is 24.4 Å². The highest BCUT2D eigenvalue weighted by atomic mass is 16.7. The summed E-state index contributed by atoms with van der Waals surface area (Å²) in [6, 6.07) is -0.813. The Morgan fingerprint density at radius 1 is 0.544 bits per heavy atom. The van der Waals surface area contributed by atoms with Crippen LogP contribution in [-0.4, -0.2) is 100 Å². The summed E-state index contributed by atoms with van der Waals surface area (Å²) < 4.78 is 16.7. The summed E-state index contributed by atoms with van der Waals surface area (Å²) in [5, 5.41) is 54.1. The first-order valence-corrected chi connectivity index (χ1v) is 28.3. The molecule has 0 aromatic carbocycles. The lowest BCUT2D eigenvalue weighted by molar-refractivity contribution is -0.302. The number of amides is 1. The first-order chi connectivity index (χ1) is 33.2. The lowest BCUT2D eigenvalue weighted by Gasteiger charge is -2.40. The van der Waals surface area contributed by atoms with E-state index < -0.39 is 49.5 Å². The smallest absolute Gasteiger partial charge is 0.305 e. The number of unbranched alkanes of at least 4 members (excludes halogenated alkanes) is 30. The number of carbonyl (C=O) groups is 2. The van der Waals surface area contributed by atoms with Gasteiger partial charge in [0.05, 0.1) is 32.0 Å². The minimum absolute atomic E-state index is 0.0266. The monoisotopic (exact) mass is 964 g/mol. The number of hydrogen-bond donors (Lipinski definition) is 6. The molecule has 6 N–H and O–H groups in total. The van der Waals surface area contributed by atoms with E-state index in [0.29, 0.717) is 19.4 Å². The third-order valence-electron chi connectivity index (χ3n) is 13.2. The fourth-order valence-electron chi connectivity index (χ4n) is 8.69. The van der Waals surface area contributed by atoms with Crippen molar-refractivity contribution in [2.75, 3.05) is 19.8 Å². The zero-order chi connectivity index (χ0) is 49.6.